The van der Waals surface area contributed by atoms with Crippen molar-refractivity contribution in [2.24, 2.45) is 7.05 Å². The minimum absolute atomic E-state index is 0.149. The molecule has 66 valence electrons. The van der Waals surface area contributed by atoms with Crippen LogP contribution in [0.2, 0.25) is 0 Å². The molecule has 1 aromatic heterocycles. The van der Waals surface area contributed by atoms with Gasteiger partial charge in [0.2, 0.25) is 0 Å². The zero-order valence-corrected chi connectivity index (χ0v) is 7.24. The van der Waals surface area contributed by atoms with Crippen LogP contribution in [0.25, 0.3) is 0 Å². The van der Waals surface area contributed by atoms with Crippen molar-refractivity contribution in [1.82, 2.24) is 9.78 Å². The second-order valence-corrected chi connectivity index (χ2v) is 2.79. The summed E-state index contributed by atoms with van der Waals surface area (Å²) in [6, 6.07) is 1.91. The van der Waals surface area contributed by atoms with Crippen molar-refractivity contribution in [1.29, 1.82) is 0 Å². The highest BCUT2D eigenvalue weighted by Crippen LogP contribution is 2.03. The fourth-order valence-electron chi connectivity index (χ4n) is 0.992. The number of rotatable bonds is 3. The molecule has 4 nitrogen and oxygen atoms in total. The minimum atomic E-state index is -0.779. The topological polar surface area (TPSA) is 55.1 Å². The summed E-state index contributed by atoms with van der Waals surface area (Å²) in [5.41, 5.74) is 1.90. The molecule has 1 aromatic rings. The Morgan fingerprint density at radius 3 is 2.83 bits per heavy atom. The number of aliphatic carboxylic acids is 1. The van der Waals surface area contributed by atoms with Gasteiger partial charge in [0.15, 0.2) is 0 Å². The van der Waals surface area contributed by atoms with Gasteiger partial charge in [0.25, 0.3) is 0 Å². The van der Waals surface area contributed by atoms with Crippen molar-refractivity contribution in [2.75, 3.05) is 0 Å². The summed E-state index contributed by atoms with van der Waals surface area (Å²) in [4.78, 5) is 10.2. The number of carboxylic acids is 1. The van der Waals surface area contributed by atoms with Crippen LogP contribution in [0.5, 0.6) is 0 Å². The molecule has 0 atom stereocenters. The van der Waals surface area contributed by atoms with Crippen LogP contribution >= 0.6 is 0 Å². The van der Waals surface area contributed by atoms with E-state index in [0.717, 1.165) is 11.4 Å². The second kappa shape index (κ2) is 3.38. The summed E-state index contributed by atoms with van der Waals surface area (Å²) in [6.07, 6.45) is 0.660. The van der Waals surface area contributed by atoms with E-state index in [0.29, 0.717) is 6.42 Å². The van der Waals surface area contributed by atoms with Gasteiger partial charge in [-0.3, -0.25) is 9.48 Å². The number of aromatic nitrogens is 2. The van der Waals surface area contributed by atoms with E-state index in [4.69, 9.17) is 5.11 Å². The Hall–Kier alpha value is -1.32. The molecular weight excluding hydrogens is 156 g/mol. The molecule has 0 aliphatic carbocycles. The third kappa shape index (κ3) is 2.08. The van der Waals surface area contributed by atoms with E-state index >= 15 is 0 Å². The molecule has 0 aromatic carbocycles. The summed E-state index contributed by atoms with van der Waals surface area (Å²) < 4.78 is 1.75. The SMILES string of the molecule is Cc1cc(CCC(=O)O)nn1C. The monoisotopic (exact) mass is 168 g/mol. The van der Waals surface area contributed by atoms with Gasteiger partial charge < -0.3 is 5.11 Å². The van der Waals surface area contributed by atoms with E-state index in [1.54, 1.807) is 4.68 Å². The Balaban J connectivity index is 2.58. The third-order valence-electron chi connectivity index (χ3n) is 1.76. The first kappa shape index (κ1) is 8.77. The predicted molar refractivity (Wildman–Crippen MR) is 43.9 cm³/mol. The van der Waals surface area contributed by atoms with Crippen molar-refractivity contribution >= 4 is 5.97 Å². The van der Waals surface area contributed by atoms with Gasteiger partial charge in [-0.25, -0.2) is 0 Å². The Morgan fingerprint density at radius 2 is 2.42 bits per heavy atom. The fraction of sp³-hybridized carbons (Fsp3) is 0.500. The molecule has 1 N–H and O–H groups in total. The van der Waals surface area contributed by atoms with Crippen LogP contribution in [0, 0.1) is 6.92 Å². The number of nitrogens with zero attached hydrogens (tertiary/aromatic N) is 2. The molecule has 12 heavy (non-hydrogen) atoms. The lowest BCUT2D eigenvalue weighted by atomic mass is 10.2. The van der Waals surface area contributed by atoms with Gasteiger partial charge in [0.05, 0.1) is 12.1 Å². The minimum Gasteiger partial charge on any atom is -0.481 e. The van der Waals surface area contributed by atoms with E-state index in [9.17, 15) is 4.79 Å². The summed E-state index contributed by atoms with van der Waals surface area (Å²) >= 11 is 0. The zero-order chi connectivity index (χ0) is 9.14. The number of aryl methyl sites for hydroxylation is 3. The molecule has 0 aliphatic rings. The molecule has 0 saturated carbocycles. The van der Waals surface area contributed by atoms with Gasteiger partial charge in [-0.05, 0) is 13.0 Å². The van der Waals surface area contributed by atoms with Gasteiger partial charge in [-0.2, -0.15) is 5.10 Å². The highest BCUT2D eigenvalue weighted by molar-refractivity contribution is 5.66. The molecule has 1 heterocycles. The van der Waals surface area contributed by atoms with Crippen LogP contribution in [0.3, 0.4) is 0 Å². The first-order valence-corrected chi connectivity index (χ1v) is 3.81. The van der Waals surface area contributed by atoms with Crippen LogP contribution in [0.1, 0.15) is 17.8 Å². The molecular formula is C8H12N2O2. The Morgan fingerprint density at radius 1 is 1.75 bits per heavy atom. The lowest BCUT2D eigenvalue weighted by Gasteiger charge is -1.90. The lowest BCUT2D eigenvalue weighted by molar-refractivity contribution is -0.136. The first-order chi connectivity index (χ1) is 5.59. The van der Waals surface area contributed by atoms with Crippen LogP contribution in [0.15, 0.2) is 6.07 Å². The first-order valence-electron chi connectivity index (χ1n) is 3.81. The van der Waals surface area contributed by atoms with Crippen LogP contribution in [-0.4, -0.2) is 20.9 Å². The molecule has 4 heteroatoms. The maximum absolute atomic E-state index is 10.2. The van der Waals surface area contributed by atoms with Gasteiger partial charge in [-0.15, -0.1) is 0 Å². The molecule has 0 radical (unpaired) electrons. The van der Waals surface area contributed by atoms with Crippen LogP contribution < -0.4 is 0 Å². The van der Waals surface area contributed by atoms with E-state index in [-0.39, 0.29) is 6.42 Å². The molecule has 0 bridgehead atoms. The van der Waals surface area contributed by atoms with Crippen molar-refractivity contribution in [3.8, 4) is 0 Å². The largest absolute Gasteiger partial charge is 0.481 e. The molecule has 0 saturated heterocycles. The molecule has 0 fully saturated rings. The number of carbonyl (C=O) groups is 1. The molecule has 0 amide bonds. The quantitative estimate of drug-likeness (QED) is 0.724. The average molecular weight is 168 g/mol. The van der Waals surface area contributed by atoms with Crippen molar-refractivity contribution < 1.29 is 9.90 Å². The molecule has 1 rings (SSSR count). The molecule has 0 spiro atoms. The fourth-order valence-corrected chi connectivity index (χ4v) is 0.992. The summed E-state index contributed by atoms with van der Waals surface area (Å²) in [5, 5.41) is 12.6. The Labute approximate surface area is 70.8 Å². The number of hydrogen-bond donors (Lipinski definition) is 1. The van der Waals surface area contributed by atoms with Crippen LogP contribution in [0.4, 0.5) is 0 Å². The van der Waals surface area contributed by atoms with E-state index in [1.165, 1.54) is 0 Å². The average Bonchev–Trinajstić information content (AvgIpc) is 2.28. The smallest absolute Gasteiger partial charge is 0.303 e. The normalized spacial score (nSPS) is 10.2. The number of hydrogen-bond acceptors (Lipinski definition) is 2. The predicted octanol–water partition coefficient (Wildman–Crippen LogP) is 0.746. The second-order valence-electron chi connectivity index (χ2n) is 2.79. The van der Waals surface area contributed by atoms with Gasteiger partial charge in [0.1, 0.15) is 0 Å². The number of carboxylic acid groups (broad SMARTS) is 1. The van der Waals surface area contributed by atoms with E-state index in [1.807, 2.05) is 20.0 Å². The highest BCUT2D eigenvalue weighted by Gasteiger charge is 2.03. The zero-order valence-electron chi connectivity index (χ0n) is 7.24. The summed E-state index contributed by atoms with van der Waals surface area (Å²) in [6.45, 7) is 1.94. The molecule has 0 unspecified atom stereocenters. The molecule has 0 aliphatic heterocycles. The highest BCUT2D eigenvalue weighted by atomic mass is 16.4. The summed E-state index contributed by atoms with van der Waals surface area (Å²) in [7, 11) is 1.85. The van der Waals surface area contributed by atoms with Gasteiger partial charge in [0, 0.05) is 19.2 Å². The van der Waals surface area contributed by atoms with Gasteiger partial charge >= 0.3 is 5.97 Å². The maximum atomic E-state index is 10.2. The maximum Gasteiger partial charge on any atom is 0.303 e. The van der Waals surface area contributed by atoms with Gasteiger partial charge in [-0.1, -0.05) is 0 Å². The van der Waals surface area contributed by atoms with Crippen molar-refractivity contribution in [3.63, 3.8) is 0 Å². The van der Waals surface area contributed by atoms with E-state index in [2.05, 4.69) is 5.10 Å². The van der Waals surface area contributed by atoms with E-state index < -0.39 is 5.97 Å². The Kier molecular flexibility index (Phi) is 2.47. The van der Waals surface area contributed by atoms with Crippen molar-refractivity contribution in [3.05, 3.63) is 17.5 Å². The standard InChI is InChI=1S/C8H12N2O2/c1-6-5-7(9-10(6)2)3-4-8(11)12/h5H,3-4H2,1-2H3,(H,11,12). The Bertz CT molecular complexity index is 272. The lowest BCUT2D eigenvalue weighted by Crippen LogP contribution is -1.99. The summed E-state index contributed by atoms with van der Waals surface area (Å²) in [5.74, 6) is -0.779. The third-order valence-corrected chi connectivity index (χ3v) is 1.76. The van der Waals surface area contributed by atoms with Crippen LogP contribution in [-0.2, 0) is 18.3 Å². The van der Waals surface area contributed by atoms with Crippen molar-refractivity contribution in [2.45, 2.75) is 19.8 Å².